The summed E-state index contributed by atoms with van der Waals surface area (Å²) in [4.78, 5) is 0. The molecule has 2 aromatic carbocycles. The summed E-state index contributed by atoms with van der Waals surface area (Å²) >= 11 is 8.73. The lowest BCUT2D eigenvalue weighted by molar-refractivity contribution is 0.324. The number of H-pyrrole nitrogens is 1. The Morgan fingerprint density at radius 1 is 1.07 bits per heavy atom. The van der Waals surface area contributed by atoms with Crippen molar-refractivity contribution < 1.29 is 14.2 Å². The fourth-order valence-corrected chi connectivity index (χ4v) is 2.91. The molecule has 0 radical (unpaired) electrons. The van der Waals surface area contributed by atoms with Gasteiger partial charge in [-0.05, 0) is 42.0 Å². The highest BCUT2D eigenvalue weighted by molar-refractivity contribution is 9.10. The maximum absolute atomic E-state index is 5.41. The number of hydrogen-bond donors (Lipinski definition) is 1. The van der Waals surface area contributed by atoms with Crippen LogP contribution in [0.25, 0.3) is 11.4 Å². The molecule has 1 N–H and O–H groups in total. The van der Waals surface area contributed by atoms with Crippen LogP contribution < -0.4 is 14.2 Å². The van der Waals surface area contributed by atoms with E-state index in [1.807, 2.05) is 24.3 Å². The van der Waals surface area contributed by atoms with Crippen LogP contribution in [0.2, 0.25) is 0 Å². The average Bonchev–Trinajstić information content (AvgIpc) is 3.06. The van der Waals surface area contributed by atoms with Crippen molar-refractivity contribution in [2.45, 2.75) is 0 Å². The van der Waals surface area contributed by atoms with Gasteiger partial charge in [0.25, 0.3) is 0 Å². The molecule has 1 heterocycles. The summed E-state index contributed by atoms with van der Waals surface area (Å²) < 4.78 is 19.1. The molecule has 0 fully saturated rings. The summed E-state index contributed by atoms with van der Waals surface area (Å²) in [6.45, 7) is 0. The molecule has 0 unspecified atom stereocenters. The van der Waals surface area contributed by atoms with Gasteiger partial charge in [0, 0.05) is 10.0 Å². The Bertz CT molecular complexity index is 1000. The monoisotopic (exact) mass is 448 g/mol. The van der Waals surface area contributed by atoms with Crippen molar-refractivity contribution in [1.82, 2.24) is 14.9 Å². The van der Waals surface area contributed by atoms with E-state index in [9.17, 15) is 0 Å². The van der Waals surface area contributed by atoms with Gasteiger partial charge in [-0.25, -0.2) is 5.10 Å². The van der Waals surface area contributed by atoms with Crippen LogP contribution in [-0.4, -0.2) is 42.4 Å². The summed E-state index contributed by atoms with van der Waals surface area (Å²) in [6, 6.07) is 11.3. The minimum absolute atomic E-state index is 0.368. The maximum atomic E-state index is 5.41. The van der Waals surface area contributed by atoms with E-state index in [1.54, 1.807) is 39.7 Å². The SMILES string of the molecule is COc1cc(-c2n[nH]c(=S)n2/N=C\c2ccc(Br)cc2)cc(OC)c1OC. The second kappa shape index (κ2) is 8.36. The third-order valence-corrected chi connectivity index (χ3v) is 4.56. The summed E-state index contributed by atoms with van der Waals surface area (Å²) in [6.07, 6.45) is 1.71. The fraction of sp³-hybridized carbons (Fsp3) is 0.167. The van der Waals surface area contributed by atoms with Gasteiger partial charge >= 0.3 is 0 Å². The number of nitrogens with one attached hydrogen (secondary N) is 1. The molecule has 0 amide bonds. The summed E-state index contributed by atoms with van der Waals surface area (Å²) in [5.41, 5.74) is 1.64. The molecule has 3 aromatic rings. The Hall–Kier alpha value is -2.65. The van der Waals surface area contributed by atoms with Gasteiger partial charge in [0.05, 0.1) is 27.5 Å². The van der Waals surface area contributed by atoms with Crippen LogP contribution in [-0.2, 0) is 0 Å². The van der Waals surface area contributed by atoms with Crippen LogP contribution in [0.1, 0.15) is 5.56 Å². The number of ether oxygens (including phenoxy) is 3. The molecule has 0 spiro atoms. The second-order valence-corrected chi connectivity index (χ2v) is 6.68. The Morgan fingerprint density at radius 2 is 1.70 bits per heavy atom. The van der Waals surface area contributed by atoms with Crippen molar-refractivity contribution in [3.8, 4) is 28.6 Å². The molecule has 3 rings (SSSR count). The van der Waals surface area contributed by atoms with Crippen molar-refractivity contribution in [3.05, 3.63) is 51.2 Å². The average molecular weight is 449 g/mol. The summed E-state index contributed by atoms with van der Waals surface area (Å²) in [5, 5.41) is 11.5. The van der Waals surface area contributed by atoms with Gasteiger partial charge in [-0.1, -0.05) is 28.1 Å². The van der Waals surface area contributed by atoms with E-state index in [2.05, 4.69) is 31.2 Å². The molecule has 0 aliphatic heterocycles. The van der Waals surface area contributed by atoms with Crippen LogP contribution in [0.4, 0.5) is 0 Å². The van der Waals surface area contributed by atoms with Crippen molar-refractivity contribution in [2.24, 2.45) is 5.10 Å². The highest BCUT2D eigenvalue weighted by atomic mass is 79.9. The van der Waals surface area contributed by atoms with Crippen LogP contribution in [0.15, 0.2) is 46.0 Å². The first-order valence-electron chi connectivity index (χ1n) is 7.85. The van der Waals surface area contributed by atoms with Gasteiger partial charge in [-0.3, -0.25) is 0 Å². The molecule has 140 valence electrons. The van der Waals surface area contributed by atoms with Crippen LogP contribution in [0.3, 0.4) is 0 Å². The summed E-state index contributed by atoms with van der Waals surface area (Å²) in [7, 11) is 4.67. The predicted octanol–water partition coefficient (Wildman–Crippen LogP) is 4.28. The Morgan fingerprint density at radius 3 is 2.26 bits per heavy atom. The highest BCUT2D eigenvalue weighted by Crippen LogP contribution is 2.40. The molecule has 9 heteroatoms. The Balaban J connectivity index is 2.06. The van der Waals surface area contributed by atoms with Crippen LogP contribution >= 0.6 is 28.1 Å². The molecular formula is C18H17BrN4O3S. The van der Waals surface area contributed by atoms with E-state index >= 15 is 0 Å². The van der Waals surface area contributed by atoms with Gasteiger partial charge < -0.3 is 14.2 Å². The van der Waals surface area contributed by atoms with Crippen molar-refractivity contribution >= 4 is 34.4 Å². The van der Waals surface area contributed by atoms with Crippen LogP contribution in [0.5, 0.6) is 17.2 Å². The molecule has 7 nitrogen and oxygen atoms in total. The molecule has 0 aliphatic rings. The first kappa shape index (κ1) is 19.1. The van der Waals surface area contributed by atoms with E-state index in [0.29, 0.717) is 33.4 Å². The Kier molecular flexibility index (Phi) is 5.92. The molecule has 0 saturated heterocycles. The van der Waals surface area contributed by atoms with Gasteiger partial charge in [0.2, 0.25) is 10.5 Å². The molecule has 27 heavy (non-hydrogen) atoms. The molecule has 0 aliphatic carbocycles. The van der Waals surface area contributed by atoms with Crippen molar-refractivity contribution in [1.29, 1.82) is 0 Å². The summed E-state index contributed by atoms with van der Waals surface area (Å²) in [5.74, 6) is 2.06. The number of hydrogen-bond acceptors (Lipinski definition) is 6. The Labute approximate surface area is 169 Å². The number of aromatic amines is 1. The quantitative estimate of drug-likeness (QED) is 0.449. The zero-order valence-electron chi connectivity index (χ0n) is 14.9. The number of benzene rings is 2. The minimum Gasteiger partial charge on any atom is -0.493 e. The number of rotatable bonds is 6. The topological polar surface area (TPSA) is 73.7 Å². The number of methoxy groups -OCH3 is 3. The van der Waals surface area contributed by atoms with E-state index in [-0.39, 0.29) is 0 Å². The van der Waals surface area contributed by atoms with Gasteiger partial charge in [0.15, 0.2) is 17.3 Å². The smallest absolute Gasteiger partial charge is 0.216 e. The molecule has 1 aromatic heterocycles. The number of halogens is 1. The van der Waals surface area contributed by atoms with Crippen LogP contribution in [0, 0.1) is 4.77 Å². The predicted molar refractivity (Wildman–Crippen MR) is 110 cm³/mol. The maximum Gasteiger partial charge on any atom is 0.216 e. The van der Waals surface area contributed by atoms with E-state index in [4.69, 9.17) is 26.4 Å². The lowest BCUT2D eigenvalue weighted by Crippen LogP contribution is -1.99. The van der Waals surface area contributed by atoms with E-state index < -0.39 is 0 Å². The lowest BCUT2D eigenvalue weighted by atomic mass is 10.1. The second-order valence-electron chi connectivity index (χ2n) is 5.37. The van der Waals surface area contributed by atoms with Gasteiger partial charge in [-0.15, -0.1) is 0 Å². The van der Waals surface area contributed by atoms with E-state index in [1.165, 1.54) is 4.68 Å². The molecule has 0 bridgehead atoms. The third-order valence-electron chi connectivity index (χ3n) is 3.77. The van der Waals surface area contributed by atoms with Crippen molar-refractivity contribution in [3.63, 3.8) is 0 Å². The molecule has 0 atom stereocenters. The van der Waals surface area contributed by atoms with Gasteiger partial charge in [0.1, 0.15) is 0 Å². The first-order chi connectivity index (χ1) is 13.1. The minimum atomic E-state index is 0.368. The third kappa shape index (κ3) is 4.04. The first-order valence-corrected chi connectivity index (χ1v) is 9.05. The standard InChI is InChI=1S/C18H17BrN4O3S/c1-24-14-8-12(9-15(25-2)16(14)26-3)17-21-22-18(27)23(17)20-10-11-4-6-13(19)7-5-11/h4-10H,1-3H3,(H,22,27)/b20-10-. The van der Waals surface area contributed by atoms with Crippen molar-refractivity contribution in [2.75, 3.05) is 21.3 Å². The lowest BCUT2D eigenvalue weighted by Gasteiger charge is -2.13. The number of nitrogens with zero attached hydrogens (tertiary/aromatic N) is 3. The van der Waals surface area contributed by atoms with E-state index in [0.717, 1.165) is 10.0 Å². The van der Waals surface area contributed by atoms with Gasteiger partial charge in [-0.2, -0.15) is 14.9 Å². The fourth-order valence-electron chi connectivity index (χ4n) is 2.47. The molecular weight excluding hydrogens is 432 g/mol. The highest BCUT2D eigenvalue weighted by Gasteiger charge is 2.17. The largest absolute Gasteiger partial charge is 0.493 e. The molecule has 0 saturated carbocycles. The zero-order valence-corrected chi connectivity index (χ0v) is 17.3. The zero-order chi connectivity index (χ0) is 19.4. The normalized spacial score (nSPS) is 11.0. The number of aromatic nitrogens is 3.